The molecule has 2 heterocycles. The van der Waals surface area contributed by atoms with E-state index in [4.69, 9.17) is 11.6 Å². The van der Waals surface area contributed by atoms with Gasteiger partial charge < -0.3 is 5.32 Å². The monoisotopic (exact) mass is 393 g/mol. The molecule has 8 heteroatoms. The summed E-state index contributed by atoms with van der Waals surface area (Å²) in [7, 11) is -3.49. The average Bonchev–Trinajstić information content (AvgIpc) is 2.63. The predicted octanol–water partition coefficient (Wildman–Crippen LogP) is 3.41. The first-order valence-electron chi connectivity index (χ1n) is 8.39. The van der Waals surface area contributed by atoms with Crippen LogP contribution < -0.4 is 5.32 Å². The van der Waals surface area contributed by atoms with Crippen molar-refractivity contribution >= 4 is 33.2 Å². The van der Waals surface area contributed by atoms with E-state index >= 15 is 0 Å². The standard InChI is InChI=1S/C18H20ClN3O3S/c1-13-8-10-22(11-9-13)26(24,25)16-5-3-15(4-6-16)21-18(23)14-2-7-17(19)20-12-14/h2-7,12-13H,8-11H2,1H3,(H,21,23). The summed E-state index contributed by atoms with van der Waals surface area (Å²) in [5, 5.41) is 3.02. The zero-order valence-electron chi connectivity index (χ0n) is 14.4. The predicted molar refractivity (Wildman–Crippen MR) is 101 cm³/mol. The summed E-state index contributed by atoms with van der Waals surface area (Å²) in [6.07, 6.45) is 3.14. The van der Waals surface area contributed by atoms with E-state index in [0.717, 1.165) is 12.8 Å². The maximum Gasteiger partial charge on any atom is 0.257 e. The summed E-state index contributed by atoms with van der Waals surface area (Å²) in [4.78, 5) is 16.3. The van der Waals surface area contributed by atoms with Gasteiger partial charge in [0.25, 0.3) is 5.91 Å². The Balaban J connectivity index is 1.70. The van der Waals surface area contributed by atoms with Crippen molar-refractivity contribution in [3.05, 3.63) is 53.3 Å². The molecule has 1 aliphatic heterocycles. The van der Waals surface area contributed by atoms with Gasteiger partial charge in [-0.3, -0.25) is 4.79 Å². The molecule has 2 aromatic rings. The number of piperidine rings is 1. The molecule has 1 fully saturated rings. The molecule has 1 N–H and O–H groups in total. The molecular formula is C18H20ClN3O3S. The van der Waals surface area contributed by atoms with Gasteiger partial charge in [0.2, 0.25) is 10.0 Å². The highest BCUT2D eigenvalue weighted by Gasteiger charge is 2.27. The Hall–Kier alpha value is -1.96. The number of pyridine rings is 1. The second kappa shape index (κ2) is 7.73. The zero-order valence-corrected chi connectivity index (χ0v) is 15.9. The van der Waals surface area contributed by atoms with Gasteiger partial charge in [0, 0.05) is 25.0 Å². The number of hydrogen-bond acceptors (Lipinski definition) is 4. The third-order valence-electron chi connectivity index (χ3n) is 4.48. The topological polar surface area (TPSA) is 79.4 Å². The largest absolute Gasteiger partial charge is 0.322 e. The van der Waals surface area contributed by atoms with Gasteiger partial charge in [0.05, 0.1) is 10.5 Å². The summed E-state index contributed by atoms with van der Waals surface area (Å²) in [6.45, 7) is 3.23. The van der Waals surface area contributed by atoms with Crippen LogP contribution in [0.2, 0.25) is 5.15 Å². The average molecular weight is 394 g/mol. The Labute approximate surface area is 158 Å². The molecule has 1 aromatic carbocycles. The molecule has 138 valence electrons. The van der Waals surface area contributed by atoms with E-state index in [1.165, 1.54) is 28.7 Å². The Bertz CT molecular complexity index is 875. The maximum atomic E-state index is 12.7. The van der Waals surface area contributed by atoms with Gasteiger partial charge in [-0.25, -0.2) is 13.4 Å². The van der Waals surface area contributed by atoms with Crippen molar-refractivity contribution in [2.24, 2.45) is 5.92 Å². The highest BCUT2D eigenvalue weighted by Crippen LogP contribution is 2.24. The van der Waals surface area contributed by atoms with Crippen LogP contribution in [0.15, 0.2) is 47.5 Å². The van der Waals surface area contributed by atoms with Crippen LogP contribution in [0.25, 0.3) is 0 Å². The summed E-state index contributed by atoms with van der Waals surface area (Å²) in [6, 6.07) is 9.31. The van der Waals surface area contributed by atoms with E-state index in [9.17, 15) is 13.2 Å². The van der Waals surface area contributed by atoms with Gasteiger partial charge in [-0.2, -0.15) is 4.31 Å². The van der Waals surface area contributed by atoms with E-state index < -0.39 is 10.0 Å². The number of anilines is 1. The molecule has 1 saturated heterocycles. The Morgan fingerprint density at radius 2 is 1.81 bits per heavy atom. The molecule has 0 atom stereocenters. The number of sulfonamides is 1. The highest BCUT2D eigenvalue weighted by molar-refractivity contribution is 7.89. The summed E-state index contributed by atoms with van der Waals surface area (Å²) in [5.41, 5.74) is 0.879. The SMILES string of the molecule is CC1CCN(S(=O)(=O)c2ccc(NC(=O)c3ccc(Cl)nc3)cc2)CC1. The minimum Gasteiger partial charge on any atom is -0.322 e. The number of benzene rings is 1. The lowest BCUT2D eigenvalue weighted by atomic mass is 10.0. The molecule has 0 aliphatic carbocycles. The number of halogens is 1. The minimum atomic E-state index is -3.49. The molecule has 1 aromatic heterocycles. The van der Waals surface area contributed by atoms with Crippen LogP contribution in [0.1, 0.15) is 30.1 Å². The molecule has 0 radical (unpaired) electrons. The van der Waals surface area contributed by atoms with Crippen LogP contribution in [0.5, 0.6) is 0 Å². The van der Waals surface area contributed by atoms with Crippen molar-refractivity contribution in [2.75, 3.05) is 18.4 Å². The van der Waals surface area contributed by atoms with E-state index in [-0.39, 0.29) is 10.8 Å². The summed E-state index contributed by atoms with van der Waals surface area (Å²) < 4.78 is 26.9. The number of carbonyl (C=O) groups is 1. The maximum absolute atomic E-state index is 12.7. The fourth-order valence-electron chi connectivity index (χ4n) is 2.80. The van der Waals surface area contributed by atoms with Crippen LogP contribution >= 0.6 is 11.6 Å². The Kier molecular flexibility index (Phi) is 5.60. The first-order valence-corrected chi connectivity index (χ1v) is 10.2. The first kappa shape index (κ1) is 18.8. The van der Waals surface area contributed by atoms with Crippen LogP contribution in [-0.4, -0.2) is 36.7 Å². The lowest BCUT2D eigenvalue weighted by Crippen LogP contribution is -2.37. The van der Waals surface area contributed by atoms with Crippen LogP contribution in [-0.2, 0) is 10.0 Å². The fourth-order valence-corrected chi connectivity index (χ4v) is 4.38. The number of hydrogen-bond donors (Lipinski definition) is 1. The second-order valence-electron chi connectivity index (χ2n) is 6.43. The van der Waals surface area contributed by atoms with Crippen LogP contribution in [0, 0.1) is 5.92 Å². The fraction of sp³-hybridized carbons (Fsp3) is 0.333. The Morgan fingerprint density at radius 3 is 2.38 bits per heavy atom. The third kappa shape index (κ3) is 4.23. The van der Waals surface area contributed by atoms with Crippen molar-refractivity contribution in [2.45, 2.75) is 24.7 Å². The number of aromatic nitrogens is 1. The van der Waals surface area contributed by atoms with Crippen molar-refractivity contribution in [1.82, 2.24) is 9.29 Å². The van der Waals surface area contributed by atoms with E-state index in [1.807, 2.05) is 0 Å². The number of nitrogens with zero attached hydrogens (tertiary/aromatic N) is 2. The van der Waals surface area contributed by atoms with Crippen molar-refractivity contribution in [3.8, 4) is 0 Å². The quantitative estimate of drug-likeness (QED) is 0.807. The highest BCUT2D eigenvalue weighted by atomic mass is 35.5. The first-order chi connectivity index (χ1) is 12.4. The van der Waals surface area contributed by atoms with Crippen molar-refractivity contribution in [1.29, 1.82) is 0 Å². The molecule has 1 aliphatic rings. The van der Waals surface area contributed by atoms with Gasteiger partial charge in [-0.05, 0) is 55.2 Å². The molecule has 0 unspecified atom stereocenters. The molecular weight excluding hydrogens is 374 g/mol. The van der Waals surface area contributed by atoms with Gasteiger partial charge in [-0.1, -0.05) is 18.5 Å². The molecule has 1 amide bonds. The molecule has 0 spiro atoms. The molecule has 26 heavy (non-hydrogen) atoms. The molecule has 0 saturated carbocycles. The molecule has 0 bridgehead atoms. The third-order valence-corrected chi connectivity index (χ3v) is 6.62. The van der Waals surface area contributed by atoms with Crippen LogP contribution in [0.4, 0.5) is 5.69 Å². The number of amides is 1. The van der Waals surface area contributed by atoms with Gasteiger partial charge in [0.15, 0.2) is 0 Å². The van der Waals surface area contributed by atoms with E-state index in [0.29, 0.717) is 35.4 Å². The van der Waals surface area contributed by atoms with Crippen molar-refractivity contribution in [3.63, 3.8) is 0 Å². The number of nitrogens with one attached hydrogen (secondary N) is 1. The summed E-state index contributed by atoms with van der Waals surface area (Å²) in [5.74, 6) is 0.219. The van der Waals surface area contributed by atoms with Crippen molar-refractivity contribution < 1.29 is 13.2 Å². The smallest absolute Gasteiger partial charge is 0.257 e. The second-order valence-corrected chi connectivity index (χ2v) is 8.76. The molecule has 6 nitrogen and oxygen atoms in total. The van der Waals surface area contributed by atoms with Gasteiger partial charge >= 0.3 is 0 Å². The van der Waals surface area contributed by atoms with Gasteiger partial charge in [-0.15, -0.1) is 0 Å². The lowest BCUT2D eigenvalue weighted by molar-refractivity contribution is 0.102. The summed E-state index contributed by atoms with van der Waals surface area (Å²) >= 11 is 5.70. The van der Waals surface area contributed by atoms with Crippen LogP contribution in [0.3, 0.4) is 0 Å². The Morgan fingerprint density at radius 1 is 1.15 bits per heavy atom. The van der Waals surface area contributed by atoms with E-state index in [1.54, 1.807) is 18.2 Å². The number of rotatable bonds is 4. The lowest BCUT2D eigenvalue weighted by Gasteiger charge is -2.29. The van der Waals surface area contributed by atoms with E-state index in [2.05, 4.69) is 17.2 Å². The molecule has 3 rings (SSSR count). The number of carbonyl (C=O) groups excluding carboxylic acids is 1. The van der Waals surface area contributed by atoms with Gasteiger partial charge in [0.1, 0.15) is 5.15 Å². The minimum absolute atomic E-state index is 0.234. The zero-order chi connectivity index (χ0) is 18.7. The normalized spacial score (nSPS) is 16.4.